The van der Waals surface area contributed by atoms with E-state index in [9.17, 15) is 9.59 Å². The van der Waals surface area contributed by atoms with Crippen molar-refractivity contribution >= 4 is 23.2 Å². The molecule has 0 saturated carbocycles. The van der Waals surface area contributed by atoms with Crippen LogP contribution in [0.5, 0.6) is 0 Å². The molecule has 1 aliphatic rings. The van der Waals surface area contributed by atoms with Crippen LogP contribution in [0.15, 0.2) is 17.5 Å². The van der Waals surface area contributed by atoms with Crippen molar-refractivity contribution in [3.63, 3.8) is 0 Å². The van der Waals surface area contributed by atoms with Gasteiger partial charge >= 0.3 is 5.97 Å². The summed E-state index contributed by atoms with van der Waals surface area (Å²) in [7, 11) is 0. The molecule has 6 heteroatoms. The molecule has 1 N–H and O–H groups in total. The average molecular weight is 283 g/mol. The number of carboxylic acid groups (broad SMARTS) is 1. The number of amides is 1. The van der Waals surface area contributed by atoms with E-state index in [1.807, 2.05) is 17.5 Å². The lowest BCUT2D eigenvalue weighted by atomic mass is 10.1. The highest BCUT2D eigenvalue weighted by molar-refractivity contribution is 7.09. The molecule has 1 fully saturated rings. The summed E-state index contributed by atoms with van der Waals surface area (Å²) in [6.45, 7) is 0.876. The maximum absolute atomic E-state index is 12.1. The van der Waals surface area contributed by atoms with Crippen LogP contribution in [0.25, 0.3) is 0 Å². The number of aliphatic carboxylic acids is 1. The zero-order valence-corrected chi connectivity index (χ0v) is 11.4. The van der Waals surface area contributed by atoms with Gasteiger partial charge in [0.05, 0.1) is 13.2 Å². The van der Waals surface area contributed by atoms with Gasteiger partial charge in [-0.2, -0.15) is 0 Å². The number of aryl methyl sites for hydroxylation is 1. The van der Waals surface area contributed by atoms with Gasteiger partial charge in [0.2, 0.25) is 5.91 Å². The smallest absolute Gasteiger partial charge is 0.328 e. The summed E-state index contributed by atoms with van der Waals surface area (Å²) in [4.78, 5) is 25.8. The first kappa shape index (κ1) is 14.0. The molecule has 1 amide bonds. The monoisotopic (exact) mass is 283 g/mol. The molecular formula is C13H17NO4S. The van der Waals surface area contributed by atoms with Gasteiger partial charge < -0.3 is 14.7 Å². The number of ether oxygens (including phenoxy) is 1. The number of nitrogens with zero attached hydrogens (tertiary/aromatic N) is 1. The van der Waals surface area contributed by atoms with Crippen LogP contribution in [0.1, 0.15) is 17.7 Å². The van der Waals surface area contributed by atoms with Crippen LogP contribution in [0.3, 0.4) is 0 Å². The first-order valence-electron chi connectivity index (χ1n) is 6.31. The summed E-state index contributed by atoms with van der Waals surface area (Å²) in [5, 5.41) is 11.1. The number of carbonyl (C=O) groups is 2. The highest BCUT2D eigenvalue weighted by Gasteiger charge is 2.32. The fourth-order valence-corrected chi connectivity index (χ4v) is 2.87. The van der Waals surface area contributed by atoms with Crippen LogP contribution >= 0.6 is 11.3 Å². The highest BCUT2D eigenvalue weighted by Crippen LogP contribution is 2.14. The topological polar surface area (TPSA) is 66.8 Å². The van der Waals surface area contributed by atoms with Gasteiger partial charge in [-0.15, -0.1) is 11.3 Å². The van der Waals surface area contributed by atoms with Crippen molar-refractivity contribution in [2.24, 2.45) is 0 Å². The summed E-state index contributed by atoms with van der Waals surface area (Å²) in [6, 6.07) is 3.21. The van der Waals surface area contributed by atoms with E-state index in [1.165, 1.54) is 9.78 Å². The fraction of sp³-hybridized carbons (Fsp3) is 0.538. The molecule has 0 aliphatic carbocycles. The van der Waals surface area contributed by atoms with Crippen molar-refractivity contribution in [3.05, 3.63) is 22.4 Å². The van der Waals surface area contributed by atoms with Gasteiger partial charge in [-0.3, -0.25) is 4.79 Å². The standard InChI is InChI=1S/C13H17NO4S/c15-12(5-1-3-10-4-2-8-19-10)14-6-7-18-9-11(14)13(16)17/h2,4,8,11H,1,3,5-7,9H2,(H,16,17). The van der Waals surface area contributed by atoms with Crippen molar-refractivity contribution in [2.45, 2.75) is 25.3 Å². The van der Waals surface area contributed by atoms with Crippen LogP contribution in [-0.4, -0.2) is 47.7 Å². The van der Waals surface area contributed by atoms with Crippen molar-refractivity contribution < 1.29 is 19.4 Å². The molecule has 5 nitrogen and oxygen atoms in total. The molecule has 2 heterocycles. The Morgan fingerprint density at radius 3 is 3.05 bits per heavy atom. The Morgan fingerprint density at radius 2 is 2.37 bits per heavy atom. The molecular weight excluding hydrogens is 266 g/mol. The SMILES string of the molecule is O=C(O)C1COCCN1C(=O)CCCc1cccs1. The van der Waals surface area contributed by atoms with E-state index in [0.717, 1.165) is 12.8 Å². The highest BCUT2D eigenvalue weighted by atomic mass is 32.1. The summed E-state index contributed by atoms with van der Waals surface area (Å²) < 4.78 is 5.11. The molecule has 1 aromatic rings. The van der Waals surface area contributed by atoms with Crippen LogP contribution in [-0.2, 0) is 20.7 Å². The molecule has 19 heavy (non-hydrogen) atoms. The second-order valence-electron chi connectivity index (χ2n) is 4.45. The number of carboxylic acids is 1. The fourth-order valence-electron chi connectivity index (χ4n) is 2.12. The van der Waals surface area contributed by atoms with Gasteiger partial charge in [0.15, 0.2) is 6.04 Å². The van der Waals surface area contributed by atoms with Gasteiger partial charge in [0.25, 0.3) is 0 Å². The van der Waals surface area contributed by atoms with Crippen molar-refractivity contribution in [3.8, 4) is 0 Å². The summed E-state index contributed by atoms with van der Waals surface area (Å²) >= 11 is 1.68. The van der Waals surface area contributed by atoms with E-state index in [4.69, 9.17) is 9.84 Å². The van der Waals surface area contributed by atoms with Crippen molar-refractivity contribution in [1.29, 1.82) is 0 Å². The summed E-state index contributed by atoms with van der Waals surface area (Å²) in [6.07, 6.45) is 2.01. The van der Waals surface area contributed by atoms with E-state index in [2.05, 4.69) is 0 Å². The lowest BCUT2D eigenvalue weighted by Gasteiger charge is -2.32. The van der Waals surface area contributed by atoms with Crippen molar-refractivity contribution in [2.75, 3.05) is 19.8 Å². The van der Waals surface area contributed by atoms with E-state index >= 15 is 0 Å². The molecule has 1 aromatic heterocycles. The number of hydrogen-bond donors (Lipinski definition) is 1. The molecule has 2 rings (SSSR count). The lowest BCUT2D eigenvalue weighted by molar-refractivity contribution is -0.158. The molecule has 1 atom stereocenters. The second kappa shape index (κ2) is 6.68. The van der Waals surface area contributed by atoms with Gasteiger partial charge in [-0.1, -0.05) is 6.07 Å². The van der Waals surface area contributed by atoms with Gasteiger partial charge in [-0.25, -0.2) is 4.79 Å². The Labute approximate surface area is 115 Å². The largest absolute Gasteiger partial charge is 0.480 e. The Kier molecular flexibility index (Phi) is 4.93. The lowest BCUT2D eigenvalue weighted by Crippen LogP contribution is -2.52. The zero-order chi connectivity index (χ0) is 13.7. The van der Waals surface area contributed by atoms with E-state index in [-0.39, 0.29) is 12.5 Å². The van der Waals surface area contributed by atoms with Crippen molar-refractivity contribution in [1.82, 2.24) is 4.90 Å². The van der Waals surface area contributed by atoms with Crippen LogP contribution in [0.2, 0.25) is 0 Å². The normalized spacial score (nSPS) is 19.4. The number of morpholine rings is 1. The number of thiophene rings is 1. The Morgan fingerprint density at radius 1 is 1.53 bits per heavy atom. The van der Waals surface area contributed by atoms with E-state index < -0.39 is 12.0 Å². The molecule has 1 unspecified atom stereocenters. The third kappa shape index (κ3) is 3.78. The van der Waals surface area contributed by atoms with Crippen LogP contribution < -0.4 is 0 Å². The first-order valence-corrected chi connectivity index (χ1v) is 7.19. The quantitative estimate of drug-likeness (QED) is 0.886. The van der Waals surface area contributed by atoms with Gasteiger partial charge in [0, 0.05) is 17.8 Å². The third-order valence-corrected chi connectivity index (χ3v) is 4.06. The molecule has 1 aliphatic heterocycles. The molecule has 104 valence electrons. The minimum atomic E-state index is -0.994. The maximum Gasteiger partial charge on any atom is 0.328 e. The minimum absolute atomic E-state index is 0.0893. The van der Waals surface area contributed by atoms with Gasteiger partial charge in [0.1, 0.15) is 0 Å². The van der Waals surface area contributed by atoms with E-state index in [0.29, 0.717) is 19.6 Å². The Balaban J connectivity index is 1.82. The number of rotatable bonds is 5. The van der Waals surface area contributed by atoms with Gasteiger partial charge in [-0.05, 0) is 24.3 Å². The summed E-state index contributed by atoms with van der Waals surface area (Å²) in [5.74, 6) is -1.08. The Bertz CT molecular complexity index is 432. The minimum Gasteiger partial charge on any atom is -0.480 e. The molecule has 0 radical (unpaired) electrons. The average Bonchev–Trinajstić information content (AvgIpc) is 2.91. The van der Waals surface area contributed by atoms with E-state index in [1.54, 1.807) is 11.3 Å². The predicted molar refractivity (Wildman–Crippen MR) is 71.2 cm³/mol. The maximum atomic E-state index is 12.1. The summed E-state index contributed by atoms with van der Waals surface area (Å²) in [5.41, 5.74) is 0. The molecule has 1 saturated heterocycles. The second-order valence-corrected chi connectivity index (χ2v) is 5.48. The Hall–Kier alpha value is -1.40. The molecule has 0 spiro atoms. The zero-order valence-electron chi connectivity index (χ0n) is 10.6. The van der Waals surface area contributed by atoms with Crippen LogP contribution in [0, 0.1) is 0 Å². The van der Waals surface area contributed by atoms with Crippen LogP contribution in [0.4, 0.5) is 0 Å². The number of carbonyl (C=O) groups excluding carboxylic acids is 1. The third-order valence-electron chi connectivity index (χ3n) is 3.13. The number of hydrogen-bond acceptors (Lipinski definition) is 4. The predicted octanol–water partition coefficient (Wildman–Crippen LogP) is 1.38. The first-order chi connectivity index (χ1) is 9.18. The molecule has 0 bridgehead atoms. The molecule has 0 aromatic carbocycles.